The van der Waals surface area contributed by atoms with Crippen LogP contribution in [-0.4, -0.2) is 15.0 Å². The lowest BCUT2D eigenvalue weighted by molar-refractivity contribution is 0.296. The molecule has 1 aliphatic carbocycles. The first-order valence-electron chi connectivity index (χ1n) is 10.8. The zero-order chi connectivity index (χ0) is 20.7. The van der Waals surface area contributed by atoms with Gasteiger partial charge in [0, 0.05) is 22.5 Å². The molecule has 0 aliphatic heterocycles. The Balaban J connectivity index is 1.26. The second-order valence-electron chi connectivity index (χ2n) is 8.70. The maximum absolute atomic E-state index is 13.8. The Bertz CT molecular complexity index is 1190. The number of nitrogens with zero attached hydrogens (tertiary/aromatic N) is 2. The summed E-state index contributed by atoms with van der Waals surface area (Å²) >= 11 is 6.09. The molecule has 0 bridgehead atoms. The molecule has 2 aromatic heterocycles. The summed E-state index contributed by atoms with van der Waals surface area (Å²) in [6.45, 7) is 2.25. The van der Waals surface area contributed by atoms with Gasteiger partial charge in [-0.1, -0.05) is 18.5 Å². The Hall–Kier alpha value is -2.46. The maximum atomic E-state index is 13.8. The molecule has 0 spiro atoms. The molecular formula is C25H25ClFN3. The third-order valence-corrected chi connectivity index (χ3v) is 6.88. The van der Waals surface area contributed by atoms with E-state index in [9.17, 15) is 4.39 Å². The number of rotatable bonds is 4. The SMILES string of the molecule is C[C@@H](CC1CCC(c2ccnc3ccc(F)cc23)CC1)c1nc2cc(Cl)ccc2[nH]1. The molecule has 3 nitrogen and oxygen atoms in total. The molecule has 1 saturated carbocycles. The lowest BCUT2D eigenvalue weighted by atomic mass is 9.75. The molecular weight excluding hydrogens is 397 g/mol. The van der Waals surface area contributed by atoms with E-state index in [2.05, 4.69) is 23.0 Å². The van der Waals surface area contributed by atoms with Gasteiger partial charge in [-0.25, -0.2) is 9.37 Å². The normalized spacial score (nSPS) is 20.6. The molecule has 1 N–H and O–H groups in total. The van der Waals surface area contributed by atoms with Gasteiger partial charge < -0.3 is 4.98 Å². The van der Waals surface area contributed by atoms with Crippen molar-refractivity contribution in [1.29, 1.82) is 0 Å². The second-order valence-corrected chi connectivity index (χ2v) is 9.14. The molecule has 5 rings (SSSR count). The first kappa shape index (κ1) is 19.5. The molecule has 30 heavy (non-hydrogen) atoms. The fourth-order valence-electron chi connectivity index (χ4n) is 5.05. The van der Waals surface area contributed by atoms with E-state index in [1.165, 1.54) is 24.5 Å². The first-order chi connectivity index (χ1) is 14.6. The van der Waals surface area contributed by atoms with Crippen LogP contribution in [0.15, 0.2) is 48.7 Å². The molecule has 1 aliphatic rings. The molecule has 0 amide bonds. The zero-order valence-electron chi connectivity index (χ0n) is 17.0. The van der Waals surface area contributed by atoms with E-state index in [4.69, 9.17) is 16.6 Å². The van der Waals surface area contributed by atoms with Gasteiger partial charge in [0.25, 0.3) is 0 Å². The van der Waals surface area contributed by atoms with Crippen molar-refractivity contribution >= 4 is 33.5 Å². The summed E-state index contributed by atoms with van der Waals surface area (Å²) in [5, 5.41) is 1.69. The number of benzene rings is 2. The van der Waals surface area contributed by atoms with E-state index in [-0.39, 0.29) is 5.82 Å². The number of aromatic nitrogens is 3. The predicted molar refractivity (Wildman–Crippen MR) is 121 cm³/mol. The summed E-state index contributed by atoms with van der Waals surface area (Å²) < 4.78 is 13.8. The monoisotopic (exact) mass is 421 g/mol. The minimum absolute atomic E-state index is 0.189. The second kappa shape index (κ2) is 7.99. The Kier molecular flexibility index (Phi) is 5.20. The van der Waals surface area contributed by atoms with Gasteiger partial charge in [-0.3, -0.25) is 4.98 Å². The standard InChI is InChI=1S/C25H25ClFN3/c1-15(25-29-23-8-6-18(26)13-24(23)30-25)12-16-2-4-17(5-3-16)20-10-11-28-22-9-7-19(27)14-21(20)22/h6-11,13-17H,2-5,12H2,1H3,(H,29,30)/t15-,16?,17?/m0/s1. The highest BCUT2D eigenvalue weighted by Gasteiger charge is 2.26. The number of pyridine rings is 1. The van der Waals surface area contributed by atoms with E-state index < -0.39 is 0 Å². The van der Waals surface area contributed by atoms with Crippen LogP contribution in [0.2, 0.25) is 5.02 Å². The Morgan fingerprint density at radius 3 is 2.73 bits per heavy atom. The number of halogens is 2. The summed E-state index contributed by atoms with van der Waals surface area (Å²) in [5.41, 5.74) is 4.11. The number of hydrogen-bond acceptors (Lipinski definition) is 2. The van der Waals surface area contributed by atoms with Crippen molar-refractivity contribution in [3.63, 3.8) is 0 Å². The molecule has 2 aromatic carbocycles. The van der Waals surface area contributed by atoms with Crippen LogP contribution in [0.25, 0.3) is 21.9 Å². The van der Waals surface area contributed by atoms with E-state index in [0.29, 0.717) is 17.8 Å². The van der Waals surface area contributed by atoms with Crippen molar-refractivity contribution in [2.75, 3.05) is 0 Å². The molecule has 0 saturated heterocycles. The molecule has 5 heteroatoms. The van der Waals surface area contributed by atoms with Gasteiger partial charge in [-0.15, -0.1) is 0 Å². The number of imidazole rings is 1. The minimum atomic E-state index is -0.189. The van der Waals surface area contributed by atoms with Crippen LogP contribution in [0.4, 0.5) is 4.39 Å². The van der Waals surface area contributed by atoms with Crippen LogP contribution in [0.5, 0.6) is 0 Å². The van der Waals surface area contributed by atoms with E-state index in [1.54, 1.807) is 12.1 Å². The van der Waals surface area contributed by atoms with Crippen molar-refractivity contribution in [2.24, 2.45) is 5.92 Å². The van der Waals surface area contributed by atoms with E-state index >= 15 is 0 Å². The average Bonchev–Trinajstić information content (AvgIpc) is 3.17. The van der Waals surface area contributed by atoms with E-state index in [1.807, 2.05) is 24.4 Å². The number of nitrogens with one attached hydrogen (secondary N) is 1. The fraction of sp³-hybridized carbons (Fsp3) is 0.360. The number of aromatic amines is 1. The topological polar surface area (TPSA) is 41.6 Å². The number of hydrogen-bond donors (Lipinski definition) is 1. The van der Waals surface area contributed by atoms with Crippen molar-refractivity contribution in [2.45, 2.75) is 50.9 Å². The van der Waals surface area contributed by atoms with Crippen LogP contribution in [0, 0.1) is 11.7 Å². The van der Waals surface area contributed by atoms with E-state index in [0.717, 1.165) is 52.0 Å². The third kappa shape index (κ3) is 3.81. The summed E-state index contributed by atoms with van der Waals surface area (Å²) in [6, 6.07) is 12.8. The van der Waals surface area contributed by atoms with Gasteiger partial charge in [0.05, 0.1) is 16.6 Å². The summed E-state index contributed by atoms with van der Waals surface area (Å²) in [4.78, 5) is 12.6. The van der Waals surface area contributed by atoms with Crippen LogP contribution >= 0.6 is 11.6 Å². The van der Waals surface area contributed by atoms with Crippen LogP contribution in [-0.2, 0) is 0 Å². The highest BCUT2D eigenvalue weighted by Crippen LogP contribution is 2.41. The van der Waals surface area contributed by atoms with Gasteiger partial charge >= 0.3 is 0 Å². The summed E-state index contributed by atoms with van der Waals surface area (Å²) in [5.74, 6) is 2.42. The average molecular weight is 422 g/mol. The molecule has 4 aromatic rings. The summed E-state index contributed by atoms with van der Waals surface area (Å²) in [7, 11) is 0. The van der Waals surface area contributed by atoms with Gasteiger partial charge in [-0.2, -0.15) is 0 Å². The summed E-state index contributed by atoms with van der Waals surface area (Å²) in [6.07, 6.45) is 7.66. The van der Waals surface area contributed by atoms with Gasteiger partial charge in [0.15, 0.2) is 0 Å². The largest absolute Gasteiger partial charge is 0.342 e. The molecule has 154 valence electrons. The molecule has 0 radical (unpaired) electrons. The molecule has 1 fully saturated rings. The molecule has 0 unspecified atom stereocenters. The minimum Gasteiger partial charge on any atom is -0.342 e. The van der Waals surface area contributed by atoms with Crippen molar-refractivity contribution in [3.05, 3.63) is 70.9 Å². The number of fused-ring (bicyclic) bond motifs is 2. The fourth-order valence-corrected chi connectivity index (χ4v) is 5.21. The highest BCUT2D eigenvalue weighted by molar-refractivity contribution is 6.31. The van der Waals surface area contributed by atoms with Crippen LogP contribution < -0.4 is 0 Å². The van der Waals surface area contributed by atoms with Crippen LogP contribution in [0.3, 0.4) is 0 Å². The smallest absolute Gasteiger partial charge is 0.123 e. The lowest BCUT2D eigenvalue weighted by Crippen LogP contribution is -2.16. The Morgan fingerprint density at radius 1 is 1.07 bits per heavy atom. The predicted octanol–water partition coefficient (Wildman–Crippen LogP) is 7.37. The van der Waals surface area contributed by atoms with Gasteiger partial charge in [-0.05, 0) is 92.0 Å². The number of H-pyrrole nitrogens is 1. The van der Waals surface area contributed by atoms with Crippen molar-refractivity contribution < 1.29 is 4.39 Å². The maximum Gasteiger partial charge on any atom is 0.123 e. The molecule has 2 heterocycles. The Labute approximate surface area is 180 Å². The van der Waals surface area contributed by atoms with Crippen molar-refractivity contribution in [1.82, 2.24) is 15.0 Å². The molecule has 1 atom stereocenters. The van der Waals surface area contributed by atoms with Crippen LogP contribution in [0.1, 0.15) is 62.3 Å². The Morgan fingerprint density at radius 2 is 1.90 bits per heavy atom. The zero-order valence-corrected chi connectivity index (χ0v) is 17.8. The van der Waals surface area contributed by atoms with Gasteiger partial charge in [0.1, 0.15) is 11.6 Å². The first-order valence-corrected chi connectivity index (χ1v) is 11.1. The van der Waals surface area contributed by atoms with Crippen molar-refractivity contribution in [3.8, 4) is 0 Å². The van der Waals surface area contributed by atoms with Gasteiger partial charge in [0.2, 0.25) is 0 Å². The highest BCUT2D eigenvalue weighted by atomic mass is 35.5. The third-order valence-electron chi connectivity index (χ3n) is 6.64. The quantitative estimate of drug-likeness (QED) is 0.373. The lowest BCUT2D eigenvalue weighted by Gasteiger charge is -2.30.